The molecule has 1 aromatic carbocycles. The van der Waals surface area contributed by atoms with E-state index in [4.69, 9.17) is 9.84 Å². The van der Waals surface area contributed by atoms with Crippen LogP contribution in [-0.2, 0) is 4.74 Å². The molecule has 0 aliphatic carbocycles. The fraction of sp³-hybridized carbons (Fsp3) is 0.300. The molecule has 0 bridgehead atoms. The molecule has 1 saturated heterocycles. The number of rotatable bonds is 3. The summed E-state index contributed by atoms with van der Waals surface area (Å²) in [5, 5.41) is 22.0. The first-order chi connectivity index (χ1) is 8.11. The summed E-state index contributed by atoms with van der Waals surface area (Å²) in [6.45, 7) is -0.257. The zero-order chi connectivity index (χ0) is 12.4. The Morgan fingerprint density at radius 1 is 1.41 bits per heavy atom. The third kappa shape index (κ3) is 2.18. The minimum atomic E-state index is -0.617. The molecule has 90 valence electrons. The smallest absolute Gasteiger partial charge is 0.408 e. The molecule has 0 aromatic heterocycles. The number of aliphatic hydroxyl groups is 1. The van der Waals surface area contributed by atoms with Gasteiger partial charge >= 0.3 is 6.09 Å². The third-order valence-electron chi connectivity index (χ3n) is 2.53. The van der Waals surface area contributed by atoms with Gasteiger partial charge in [0.25, 0.3) is 5.69 Å². The van der Waals surface area contributed by atoms with Gasteiger partial charge in [0.05, 0.1) is 17.6 Å². The second kappa shape index (κ2) is 4.38. The molecule has 1 heterocycles. The van der Waals surface area contributed by atoms with Crippen molar-refractivity contribution in [2.75, 3.05) is 6.61 Å². The van der Waals surface area contributed by atoms with Crippen molar-refractivity contribution in [3.05, 3.63) is 39.9 Å². The number of nitrogens with one attached hydrogen (secondary N) is 1. The number of benzene rings is 1. The molecule has 0 radical (unpaired) electrons. The lowest BCUT2D eigenvalue weighted by molar-refractivity contribution is -0.384. The van der Waals surface area contributed by atoms with Gasteiger partial charge in [0.2, 0.25) is 0 Å². The molecule has 0 saturated carbocycles. The second-order valence-electron chi connectivity index (χ2n) is 3.61. The highest BCUT2D eigenvalue weighted by molar-refractivity contribution is 5.70. The van der Waals surface area contributed by atoms with Crippen molar-refractivity contribution < 1.29 is 19.6 Å². The summed E-state index contributed by atoms with van der Waals surface area (Å²) in [4.78, 5) is 21.0. The zero-order valence-corrected chi connectivity index (χ0v) is 8.70. The van der Waals surface area contributed by atoms with Gasteiger partial charge in [-0.3, -0.25) is 10.1 Å². The van der Waals surface area contributed by atoms with Crippen LogP contribution in [0.5, 0.6) is 0 Å². The average Bonchev–Trinajstić information content (AvgIpc) is 2.70. The normalized spacial score (nSPS) is 23.0. The van der Waals surface area contributed by atoms with Gasteiger partial charge in [-0.1, -0.05) is 0 Å². The number of ether oxygens (including phenoxy) is 1. The van der Waals surface area contributed by atoms with Crippen LogP contribution >= 0.6 is 0 Å². The molecular formula is C10H10N2O5. The maximum atomic E-state index is 11.0. The van der Waals surface area contributed by atoms with Crippen molar-refractivity contribution in [2.24, 2.45) is 0 Å². The topological polar surface area (TPSA) is 102 Å². The molecule has 0 spiro atoms. The number of nitro groups is 1. The van der Waals surface area contributed by atoms with Crippen molar-refractivity contribution in [1.29, 1.82) is 0 Å². The van der Waals surface area contributed by atoms with Gasteiger partial charge in [-0.2, -0.15) is 0 Å². The molecule has 2 atom stereocenters. The lowest BCUT2D eigenvalue weighted by atomic mass is 10.0. The van der Waals surface area contributed by atoms with Crippen LogP contribution in [-0.4, -0.2) is 28.8 Å². The summed E-state index contributed by atoms with van der Waals surface area (Å²) < 4.78 is 4.97. The third-order valence-corrected chi connectivity index (χ3v) is 2.53. The monoisotopic (exact) mass is 238 g/mol. The molecular weight excluding hydrogens is 228 g/mol. The minimum Gasteiger partial charge on any atom is -0.439 e. The van der Waals surface area contributed by atoms with Gasteiger partial charge in [-0.05, 0) is 17.7 Å². The van der Waals surface area contributed by atoms with Crippen molar-refractivity contribution in [2.45, 2.75) is 12.1 Å². The predicted octanol–water partition coefficient (Wildman–Crippen LogP) is 0.737. The fourth-order valence-corrected chi connectivity index (χ4v) is 1.69. The van der Waals surface area contributed by atoms with Gasteiger partial charge < -0.3 is 15.2 Å². The molecule has 1 amide bonds. The number of nitro benzene ring substituents is 1. The Balaban J connectivity index is 2.22. The number of hydrogen-bond acceptors (Lipinski definition) is 5. The number of hydrogen-bond donors (Lipinski definition) is 2. The lowest BCUT2D eigenvalue weighted by Gasteiger charge is -2.14. The van der Waals surface area contributed by atoms with Gasteiger partial charge in [0.1, 0.15) is 0 Å². The van der Waals surface area contributed by atoms with E-state index in [1.165, 1.54) is 24.3 Å². The summed E-state index contributed by atoms with van der Waals surface area (Å²) in [5.74, 6) is 0. The average molecular weight is 238 g/mol. The van der Waals surface area contributed by atoms with E-state index in [0.29, 0.717) is 5.56 Å². The number of cyclic esters (lactones) is 1. The van der Waals surface area contributed by atoms with Crippen LogP contribution < -0.4 is 5.32 Å². The highest BCUT2D eigenvalue weighted by Crippen LogP contribution is 2.27. The molecule has 2 N–H and O–H groups in total. The van der Waals surface area contributed by atoms with Crippen molar-refractivity contribution >= 4 is 11.8 Å². The molecule has 1 fully saturated rings. The fourth-order valence-electron chi connectivity index (χ4n) is 1.69. The number of alkyl carbamates (subject to hydrolysis) is 1. The molecule has 1 aliphatic rings. The van der Waals surface area contributed by atoms with Gasteiger partial charge in [-0.25, -0.2) is 4.79 Å². The zero-order valence-electron chi connectivity index (χ0n) is 8.70. The standard InChI is InChI=1S/C10H10N2O5/c13-5-8-9(17-10(14)11-8)6-1-3-7(4-2-6)12(15)16/h1-4,8-9,13H,5H2,(H,11,14)/t8-,9-/m1/s1. The molecule has 1 aliphatic heterocycles. The van der Waals surface area contributed by atoms with Crippen LogP contribution in [0.25, 0.3) is 0 Å². The summed E-state index contributed by atoms with van der Waals surface area (Å²) >= 11 is 0. The van der Waals surface area contributed by atoms with Crippen LogP contribution in [0.3, 0.4) is 0 Å². The summed E-state index contributed by atoms with van der Waals surface area (Å²) in [7, 11) is 0. The Morgan fingerprint density at radius 2 is 2.06 bits per heavy atom. The van der Waals surface area contributed by atoms with Crippen LogP contribution in [0, 0.1) is 10.1 Å². The SMILES string of the molecule is O=C1N[C@H](CO)[C@@H](c2ccc([N+](=O)[O-])cc2)O1. The summed E-state index contributed by atoms with van der Waals surface area (Å²) in [6.07, 6.45) is -1.22. The van der Waals surface area contributed by atoms with E-state index in [9.17, 15) is 14.9 Å². The van der Waals surface area contributed by atoms with E-state index in [-0.39, 0.29) is 12.3 Å². The van der Waals surface area contributed by atoms with E-state index in [0.717, 1.165) is 0 Å². The maximum absolute atomic E-state index is 11.0. The quantitative estimate of drug-likeness (QED) is 0.597. The number of nitrogens with zero attached hydrogens (tertiary/aromatic N) is 1. The van der Waals surface area contributed by atoms with Crippen LogP contribution in [0.4, 0.5) is 10.5 Å². The van der Waals surface area contributed by atoms with Crippen molar-refractivity contribution in [1.82, 2.24) is 5.32 Å². The molecule has 17 heavy (non-hydrogen) atoms. The Labute approximate surface area is 96.2 Å². The van der Waals surface area contributed by atoms with Gasteiger partial charge in [-0.15, -0.1) is 0 Å². The Bertz CT molecular complexity index is 445. The molecule has 7 nitrogen and oxygen atoms in total. The maximum Gasteiger partial charge on any atom is 0.408 e. The van der Waals surface area contributed by atoms with Crippen LogP contribution in [0.15, 0.2) is 24.3 Å². The van der Waals surface area contributed by atoms with E-state index in [2.05, 4.69) is 5.32 Å². The number of amides is 1. The Hall–Kier alpha value is -2.15. The molecule has 2 rings (SSSR count). The predicted molar refractivity (Wildman–Crippen MR) is 56.3 cm³/mol. The summed E-state index contributed by atoms with van der Waals surface area (Å²) in [5.41, 5.74) is 0.569. The highest BCUT2D eigenvalue weighted by atomic mass is 16.6. The highest BCUT2D eigenvalue weighted by Gasteiger charge is 2.34. The number of non-ortho nitro benzene ring substituents is 1. The van der Waals surface area contributed by atoms with E-state index >= 15 is 0 Å². The Kier molecular flexibility index (Phi) is 2.92. The first-order valence-corrected chi connectivity index (χ1v) is 4.94. The molecule has 1 aromatic rings. The lowest BCUT2D eigenvalue weighted by Crippen LogP contribution is -2.31. The van der Waals surface area contributed by atoms with Crippen LogP contribution in [0.2, 0.25) is 0 Å². The van der Waals surface area contributed by atoms with Crippen molar-refractivity contribution in [3.8, 4) is 0 Å². The molecule has 7 heteroatoms. The van der Waals surface area contributed by atoms with Gasteiger partial charge in [0, 0.05) is 12.1 Å². The van der Waals surface area contributed by atoms with Crippen molar-refractivity contribution in [3.63, 3.8) is 0 Å². The Morgan fingerprint density at radius 3 is 2.59 bits per heavy atom. The van der Waals surface area contributed by atoms with Crippen LogP contribution in [0.1, 0.15) is 11.7 Å². The first-order valence-electron chi connectivity index (χ1n) is 4.94. The number of aliphatic hydroxyl groups excluding tert-OH is 1. The second-order valence-corrected chi connectivity index (χ2v) is 3.61. The first kappa shape index (κ1) is 11.3. The van der Waals surface area contributed by atoms with E-state index in [1.54, 1.807) is 0 Å². The number of carbonyl (C=O) groups is 1. The largest absolute Gasteiger partial charge is 0.439 e. The number of carbonyl (C=O) groups excluding carboxylic acids is 1. The minimum absolute atomic E-state index is 0.0356. The van der Waals surface area contributed by atoms with Gasteiger partial charge in [0.15, 0.2) is 6.10 Å². The molecule has 0 unspecified atom stereocenters. The summed E-state index contributed by atoms with van der Waals surface area (Å²) in [6, 6.07) is 5.15. The van der Waals surface area contributed by atoms with E-state index in [1.807, 2.05) is 0 Å². The van der Waals surface area contributed by atoms with E-state index < -0.39 is 23.2 Å².